The molecule has 0 amide bonds. The van der Waals surface area contributed by atoms with Crippen LogP contribution in [0.25, 0.3) is 22.0 Å². The molecule has 0 saturated heterocycles. The molecule has 3 heterocycles. The Bertz CT molecular complexity index is 1540. The number of thioether (sulfide) groups is 1. The molecule has 2 aromatic carbocycles. The normalized spacial score (nSPS) is 15.1. The van der Waals surface area contributed by atoms with E-state index in [9.17, 15) is 19.5 Å². The van der Waals surface area contributed by atoms with Crippen molar-refractivity contribution in [3.8, 4) is 11.1 Å². The Labute approximate surface area is 196 Å². The zero-order chi connectivity index (χ0) is 23.3. The number of nitrogens with one attached hydrogen (secondary N) is 1. The second-order valence-electron chi connectivity index (χ2n) is 7.98. The summed E-state index contributed by atoms with van der Waals surface area (Å²) in [7, 11) is 0. The van der Waals surface area contributed by atoms with E-state index in [-0.39, 0.29) is 17.9 Å². The molecule has 0 spiro atoms. The third-order valence-corrected chi connectivity index (χ3v) is 7.38. The first-order valence-corrected chi connectivity index (χ1v) is 11.5. The molecular formula is C23H19ClN4O4S. The van der Waals surface area contributed by atoms with Crippen LogP contribution in [-0.4, -0.2) is 31.1 Å². The van der Waals surface area contributed by atoms with E-state index < -0.39 is 17.2 Å². The van der Waals surface area contributed by atoms with Crippen molar-refractivity contribution in [3.63, 3.8) is 0 Å². The lowest BCUT2D eigenvalue weighted by Gasteiger charge is -2.14. The molecule has 4 aromatic rings. The number of aliphatic carboxylic acids is 1. The molecule has 1 atom stereocenters. The lowest BCUT2D eigenvalue weighted by molar-refractivity contribution is -0.136. The van der Waals surface area contributed by atoms with E-state index in [1.807, 2.05) is 35.0 Å². The predicted octanol–water partition coefficient (Wildman–Crippen LogP) is 3.04. The maximum atomic E-state index is 12.5. The molecule has 1 unspecified atom stereocenters. The molecule has 0 fully saturated rings. The minimum atomic E-state index is -0.918. The zero-order valence-corrected chi connectivity index (χ0v) is 18.8. The van der Waals surface area contributed by atoms with Gasteiger partial charge in [0.2, 0.25) is 0 Å². The average Bonchev–Trinajstić information content (AvgIpc) is 3.33. The van der Waals surface area contributed by atoms with E-state index in [1.54, 1.807) is 23.9 Å². The summed E-state index contributed by atoms with van der Waals surface area (Å²) in [6, 6.07) is 11.3. The fourth-order valence-corrected chi connectivity index (χ4v) is 5.73. The summed E-state index contributed by atoms with van der Waals surface area (Å²) in [5.41, 5.74) is 2.19. The molecule has 4 N–H and O–H groups in total. The highest BCUT2D eigenvalue weighted by atomic mass is 35.5. The van der Waals surface area contributed by atoms with Crippen LogP contribution in [0.3, 0.4) is 0 Å². The Kier molecular flexibility index (Phi) is 5.30. The van der Waals surface area contributed by atoms with Gasteiger partial charge in [-0.1, -0.05) is 23.7 Å². The van der Waals surface area contributed by atoms with Crippen LogP contribution in [0, 0.1) is 0 Å². The summed E-state index contributed by atoms with van der Waals surface area (Å²) < 4.78 is 2.57. The van der Waals surface area contributed by atoms with E-state index in [1.165, 1.54) is 16.7 Å². The standard InChI is InChI=1S/C23H19ClN4O4S/c24-15-2-4-20-17(7-15)14(11-33-20)10-27-9-13(6-21(29)30)16-3-1-12(5-19(16)27)18-8-26-23(32)28(25)22(18)31/h1-5,7-9,14H,6,10-11,25H2,(H,26,32)(H,29,30). The number of aromatic nitrogens is 3. The molecule has 1 aliphatic rings. The first-order valence-electron chi connectivity index (χ1n) is 10.2. The zero-order valence-electron chi connectivity index (χ0n) is 17.2. The molecule has 10 heteroatoms. The van der Waals surface area contributed by atoms with Gasteiger partial charge in [-0.3, -0.25) is 9.59 Å². The molecule has 0 aliphatic carbocycles. The first kappa shape index (κ1) is 21.4. The lowest BCUT2D eigenvalue weighted by atomic mass is 10.0. The number of nitrogen functional groups attached to an aromatic ring is 1. The quantitative estimate of drug-likeness (QED) is 0.376. The molecule has 0 radical (unpaired) electrons. The van der Waals surface area contributed by atoms with Gasteiger partial charge < -0.3 is 20.5 Å². The largest absolute Gasteiger partial charge is 0.481 e. The van der Waals surface area contributed by atoms with Crippen molar-refractivity contribution in [1.29, 1.82) is 0 Å². The SMILES string of the molecule is Nn1c(=O)[nH]cc(-c2ccc3c(CC(=O)O)cn(CC4CSc5ccc(Cl)cc54)c3c2)c1=O. The minimum absolute atomic E-state index is 0.112. The molecule has 8 nitrogen and oxygen atoms in total. The Hall–Kier alpha value is -3.43. The molecule has 168 valence electrons. The van der Waals surface area contributed by atoms with Crippen LogP contribution in [0.5, 0.6) is 0 Å². The van der Waals surface area contributed by atoms with Crippen LogP contribution in [0.2, 0.25) is 5.02 Å². The maximum absolute atomic E-state index is 12.5. The van der Waals surface area contributed by atoms with E-state index in [0.29, 0.717) is 27.4 Å². The highest BCUT2D eigenvalue weighted by Gasteiger charge is 2.25. The lowest BCUT2D eigenvalue weighted by Crippen LogP contribution is -2.41. The van der Waals surface area contributed by atoms with Gasteiger partial charge in [0.15, 0.2) is 0 Å². The van der Waals surface area contributed by atoms with Gasteiger partial charge in [-0.25, -0.2) is 4.79 Å². The molecule has 5 rings (SSSR count). The van der Waals surface area contributed by atoms with Crippen LogP contribution in [0.1, 0.15) is 17.0 Å². The van der Waals surface area contributed by atoms with Gasteiger partial charge in [-0.05, 0) is 41.0 Å². The van der Waals surface area contributed by atoms with Gasteiger partial charge in [-0.15, -0.1) is 11.8 Å². The van der Waals surface area contributed by atoms with E-state index in [2.05, 4.69) is 4.98 Å². The number of rotatable bonds is 5. The summed E-state index contributed by atoms with van der Waals surface area (Å²) in [5, 5.41) is 10.9. The van der Waals surface area contributed by atoms with Crippen molar-refractivity contribution in [3.05, 3.63) is 85.8 Å². The van der Waals surface area contributed by atoms with Crippen LogP contribution in [-0.2, 0) is 17.8 Å². The smallest absolute Gasteiger partial charge is 0.347 e. The Morgan fingerprint density at radius 3 is 2.85 bits per heavy atom. The highest BCUT2D eigenvalue weighted by molar-refractivity contribution is 7.99. The number of hydrogen-bond acceptors (Lipinski definition) is 5. The van der Waals surface area contributed by atoms with Gasteiger partial charge in [-0.2, -0.15) is 4.68 Å². The van der Waals surface area contributed by atoms with Crippen LogP contribution >= 0.6 is 23.4 Å². The molecule has 2 aromatic heterocycles. The summed E-state index contributed by atoms with van der Waals surface area (Å²) >= 11 is 8.00. The monoisotopic (exact) mass is 482 g/mol. The number of fused-ring (bicyclic) bond motifs is 2. The summed E-state index contributed by atoms with van der Waals surface area (Å²) in [4.78, 5) is 39.3. The Balaban J connectivity index is 1.62. The third kappa shape index (κ3) is 3.83. The van der Waals surface area contributed by atoms with E-state index >= 15 is 0 Å². The molecule has 33 heavy (non-hydrogen) atoms. The highest BCUT2D eigenvalue weighted by Crippen LogP contribution is 2.42. The van der Waals surface area contributed by atoms with Gasteiger partial charge in [0.1, 0.15) is 0 Å². The summed E-state index contributed by atoms with van der Waals surface area (Å²) in [6.45, 7) is 0.632. The fourth-order valence-electron chi connectivity index (χ4n) is 4.32. The molecule has 0 bridgehead atoms. The summed E-state index contributed by atoms with van der Waals surface area (Å²) in [6.07, 6.45) is 3.09. The van der Waals surface area contributed by atoms with Crippen molar-refractivity contribution in [2.45, 2.75) is 23.8 Å². The number of carboxylic acid groups (broad SMARTS) is 1. The second kappa shape index (κ2) is 8.17. The number of carboxylic acids is 1. The van der Waals surface area contributed by atoms with Gasteiger partial charge >= 0.3 is 11.7 Å². The number of H-pyrrole nitrogens is 1. The molecular weight excluding hydrogens is 464 g/mol. The van der Waals surface area contributed by atoms with Crippen LogP contribution in [0.15, 0.2) is 63.3 Å². The molecule has 1 aliphatic heterocycles. The fraction of sp³-hybridized carbons (Fsp3) is 0.174. The topological polar surface area (TPSA) is 123 Å². The van der Waals surface area contributed by atoms with Gasteiger partial charge in [0.05, 0.1) is 12.0 Å². The minimum Gasteiger partial charge on any atom is -0.481 e. The Morgan fingerprint density at radius 1 is 1.24 bits per heavy atom. The van der Waals surface area contributed by atoms with Crippen molar-refractivity contribution < 1.29 is 9.90 Å². The molecule has 0 saturated carbocycles. The van der Waals surface area contributed by atoms with Crippen LogP contribution in [0.4, 0.5) is 0 Å². The van der Waals surface area contributed by atoms with Crippen molar-refractivity contribution >= 4 is 40.2 Å². The van der Waals surface area contributed by atoms with Crippen molar-refractivity contribution in [1.82, 2.24) is 14.2 Å². The number of carbonyl (C=O) groups is 1. The average molecular weight is 483 g/mol. The number of nitrogens with two attached hydrogens (primary N) is 1. The number of nitrogens with zero attached hydrogens (tertiary/aromatic N) is 2. The number of halogens is 1. The van der Waals surface area contributed by atoms with Crippen molar-refractivity contribution in [2.75, 3.05) is 11.6 Å². The summed E-state index contributed by atoms with van der Waals surface area (Å²) in [5.74, 6) is 5.74. The van der Waals surface area contributed by atoms with E-state index in [4.69, 9.17) is 17.4 Å². The second-order valence-corrected chi connectivity index (χ2v) is 9.48. The predicted molar refractivity (Wildman–Crippen MR) is 129 cm³/mol. The Morgan fingerprint density at radius 2 is 2.06 bits per heavy atom. The van der Waals surface area contributed by atoms with Gasteiger partial charge in [0, 0.05) is 51.4 Å². The van der Waals surface area contributed by atoms with Crippen LogP contribution < -0.4 is 17.1 Å². The van der Waals surface area contributed by atoms with Gasteiger partial charge in [0.25, 0.3) is 5.56 Å². The number of benzene rings is 2. The first-order chi connectivity index (χ1) is 15.8. The number of aromatic amines is 1. The van der Waals surface area contributed by atoms with E-state index in [0.717, 1.165) is 16.7 Å². The maximum Gasteiger partial charge on any atom is 0.347 e. The third-order valence-electron chi connectivity index (χ3n) is 5.89. The number of hydrogen-bond donors (Lipinski definition) is 3. The van der Waals surface area contributed by atoms with Crippen molar-refractivity contribution in [2.24, 2.45) is 0 Å².